The van der Waals surface area contributed by atoms with Crippen LogP contribution in [0.4, 0.5) is 15.8 Å². The van der Waals surface area contributed by atoms with Crippen molar-refractivity contribution < 1.29 is 9.18 Å². The smallest absolute Gasteiger partial charge is 0.155 e. The van der Waals surface area contributed by atoms with Gasteiger partial charge in [0, 0.05) is 65.7 Å². The Morgan fingerprint density at radius 1 is 1.03 bits per heavy atom. The highest BCUT2D eigenvalue weighted by Gasteiger charge is 2.21. The molecule has 0 atom stereocenters. The molecule has 4 aromatic rings. The fourth-order valence-corrected chi connectivity index (χ4v) is 5.21. The summed E-state index contributed by atoms with van der Waals surface area (Å²) < 4.78 is 20.6. The summed E-state index contributed by atoms with van der Waals surface area (Å²) in [5, 5.41) is 4.88. The van der Waals surface area contributed by atoms with Gasteiger partial charge in [0.15, 0.2) is 5.82 Å². The summed E-state index contributed by atoms with van der Waals surface area (Å²) >= 11 is 1.50. The van der Waals surface area contributed by atoms with Gasteiger partial charge in [-0.15, -0.1) is 0 Å². The predicted octanol–water partition coefficient (Wildman–Crippen LogP) is 6.63. The molecule has 8 heteroatoms. The first-order chi connectivity index (χ1) is 18.2. The molecule has 0 aliphatic carbocycles. The second-order valence-electron chi connectivity index (χ2n) is 9.17. The van der Waals surface area contributed by atoms with Gasteiger partial charge < -0.3 is 14.4 Å². The van der Waals surface area contributed by atoms with E-state index in [9.17, 15) is 4.79 Å². The quantitative estimate of drug-likeness (QED) is 0.153. The monoisotopic (exact) mass is 515 g/mol. The maximum atomic E-state index is 15.7. The molecular weight excluding hydrogens is 485 g/mol. The van der Waals surface area contributed by atoms with Crippen LogP contribution in [-0.2, 0) is 4.79 Å². The molecule has 6 nitrogen and oxygen atoms in total. The van der Waals surface area contributed by atoms with Crippen LogP contribution in [0, 0.1) is 11.7 Å². The van der Waals surface area contributed by atoms with Gasteiger partial charge in [0.2, 0.25) is 0 Å². The van der Waals surface area contributed by atoms with Crippen LogP contribution in [0.3, 0.4) is 0 Å². The molecule has 1 aliphatic rings. The molecule has 0 bridgehead atoms. The molecular formula is C29H30FN5OS. The molecule has 37 heavy (non-hydrogen) atoms. The lowest BCUT2D eigenvalue weighted by Crippen LogP contribution is -2.34. The lowest BCUT2D eigenvalue weighted by atomic mass is 9.98. The third-order valence-electron chi connectivity index (χ3n) is 6.66. The Hall–Kier alpha value is -3.65. The van der Waals surface area contributed by atoms with Crippen molar-refractivity contribution in [1.82, 2.24) is 14.8 Å². The fraction of sp³-hybridized carbons (Fsp3) is 0.276. The third kappa shape index (κ3) is 5.54. The molecule has 0 saturated carbocycles. The minimum absolute atomic E-state index is 0.170. The van der Waals surface area contributed by atoms with Gasteiger partial charge in [-0.05, 0) is 61.7 Å². The minimum atomic E-state index is -0.296. The number of carbonyl (C=O) groups is 1. The molecule has 2 aromatic carbocycles. The molecule has 190 valence electrons. The van der Waals surface area contributed by atoms with Crippen LogP contribution in [0.2, 0.25) is 0 Å². The molecule has 1 N–H and O–H groups in total. The van der Waals surface area contributed by atoms with E-state index in [2.05, 4.69) is 33.7 Å². The highest BCUT2D eigenvalue weighted by atomic mass is 32.2. The number of anilines is 2. The Balaban J connectivity index is 1.48. The van der Waals surface area contributed by atoms with Crippen LogP contribution < -0.4 is 9.62 Å². The van der Waals surface area contributed by atoms with Crippen molar-refractivity contribution in [3.05, 3.63) is 79.0 Å². The first kappa shape index (κ1) is 25.0. The highest BCUT2D eigenvalue weighted by molar-refractivity contribution is 8.00. The number of halogens is 1. The predicted molar refractivity (Wildman–Crippen MR) is 150 cm³/mol. The van der Waals surface area contributed by atoms with Gasteiger partial charge in [0.05, 0.1) is 11.4 Å². The van der Waals surface area contributed by atoms with Crippen LogP contribution in [0.15, 0.2) is 73.2 Å². The summed E-state index contributed by atoms with van der Waals surface area (Å²) in [5.41, 5.74) is 5.26. The van der Waals surface area contributed by atoms with Gasteiger partial charge in [0.1, 0.15) is 12.0 Å². The van der Waals surface area contributed by atoms with Crippen molar-refractivity contribution in [2.24, 2.45) is 5.92 Å². The van der Waals surface area contributed by atoms with Crippen LogP contribution in [0.25, 0.3) is 28.1 Å². The average Bonchev–Trinajstić information content (AvgIpc) is 3.40. The number of aromatic nitrogens is 3. The van der Waals surface area contributed by atoms with Gasteiger partial charge in [0.25, 0.3) is 0 Å². The van der Waals surface area contributed by atoms with Crippen LogP contribution in [0.1, 0.15) is 26.2 Å². The molecule has 1 aliphatic heterocycles. The molecule has 1 saturated heterocycles. The van der Waals surface area contributed by atoms with E-state index in [1.54, 1.807) is 29.2 Å². The van der Waals surface area contributed by atoms with Crippen molar-refractivity contribution in [2.75, 3.05) is 28.5 Å². The van der Waals surface area contributed by atoms with Crippen molar-refractivity contribution in [2.45, 2.75) is 26.2 Å². The number of pyridine rings is 1. The molecule has 0 amide bonds. The summed E-state index contributed by atoms with van der Waals surface area (Å²) in [6, 6.07) is 17.4. The van der Waals surface area contributed by atoms with E-state index < -0.39 is 0 Å². The first-order valence-electron chi connectivity index (χ1n) is 12.7. The number of benzene rings is 2. The Morgan fingerprint density at radius 2 is 1.76 bits per heavy atom. The molecule has 0 radical (unpaired) electrons. The Labute approximate surface area is 221 Å². The van der Waals surface area contributed by atoms with Gasteiger partial charge in [-0.1, -0.05) is 31.0 Å². The fourth-order valence-electron chi connectivity index (χ4n) is 4.59. The minimum Gasteiger partial charge on any atom is -0.371 e. The van der Waals surface area contributed by atoms with Gasteiger partial charge in [-0.2, -0.15) is 5.10 Å². The zero-order chi connectivity index (χ0) is 25.6. The first-order valence-corrected chi connectivity index (χ1v) is 13.6. The van der Waals surface area contributed by atoms with Crippen LogP contribution >= 0.6 is 11.9 Å². The Bertz CT molecular complexity index is 1330. The lowest BCUT2D eigenvalue weighted by Gasteiger charge is -2.31. The van der Waals surface area contributed by atoms with E-state index in [1.807, 2.05) is 36.5 Å². The summed E-state index contributed by atoms with van der Waals surface area (Å²) in [5.74, 6) is 0.772. The van der Waals surface area contributed by atoms with E-state index in [0.29, 0.717) is 22.5 Å². The van der Waals surface area contributed by atoms with E-state index in [-0.39, 0.29) is 11.7 Å². The van der Waals surface area contributed by atoms with E-state index in [4.69, 9.17) is 5.10 Å². The normalized spacial score (nSPS) is 14.1. The number of nitrogens with zero attached hydrogens (tertiary/aromatic N) is 4. The second kappa shape index (κ2) is 11.6. The Kier molecular flexibility index (Phi) is 7.84. The number of aldehydes is 1. The van der Waals surface area contributed by atoms with Crippen molar-refractivity contribution in [3.63, 3.8) is 0 Å². The lowest BCUT2D eigenvalue weighted by molar-refractivity contribution is -0.111. The van der Waals surface area contributed by atoms with E-state index >= 15 is 4.39 Å². The van der Waals surface area contributed by atoms with Crippen molar-refractivity contribution in [3.8, 4) is 28.1 Å². The molecule has 3 heterocycles. The molecule has 0 unspecified atom stereocenters. The van der Waals surface area contributed by atoms with Gasteiger partial charge >= 0.3 is 0 Å². The summed E-state index contributed by atoms with van der Waals surface area (Å²) in [7, 11) is 0. The second-order valence-corrected chi connectivity index (χ2v) is 10.1. The SMILES string of the molecule is CCCSNc1cccc(-c2cn(-c3ccc(N4CCC(C=O)CC4)cc3)nc2-c2ccncc2)c1F. The third-order valence-corrected chi connectivity index (χ3v) is 7.63. The molecule has 2 aromatic heterocycles. The number of hydrogen-bond acceptors (Lipinski definition) is 6. The summed E-state index contributed by atoms with van der Waals surface area (Å²) in [6.45, 7) is 3.85. The largest absolute Gasteiger partial charge is 0.371 e. The maximum absolute atomic E-state index is 15.7. The van der Waals surface area contributed by atoms with Crippen molar-refractivity contribution in [1.29, 1.82) is 0 Å². The number of rotatable bonds is 9. The number of nitrogens with one attached hydrogen (secondary N) is 1. The zero-order valence-corrected chi connectivity index (χ0v) is 21.6. The number of hydrogen-bond donors (Lipinski definition) is 1. The number of piperidine rings is 1. The van der Waals surface area contributed by atoms with E-state index in [1.165, 1.54) is 11.9 Å². The topological polar surface area (TPSA) is 63.1 Å². The summed E-state index contributed by atoms with van der Waals surface area (Å²) in [4.78, 5) is 17.5. The zero-order valence-electron chi connectivity index (χ0n) is 20.8. The van der Waals surface area contributed by atoms with Crippen LogP contribution in [-0.4, -0.2) is 39.9 Å². The van der Waals surface area contributed by atoms with Crippen LogP contribution in [0.5, 0.6) is 0 Å². The maximum Gasteiger partial charge on any atom is 0.155 e. The molecule has 5 rings (SSSR count). The van der Waals surface area contributed by atoms with E-state index in [0.717, 1.165) is 61.3 Å². The molecule has 0 spiro atoms. The number of carbonyl (C=O) groups excluding carboxylic acids is 1. The standard InChI is InChI=1S/C29H30FN5OS/c1-2-18-37-33-27-5-3-4-25(28(27)30)26-19-35(32-29(26)22-10-14-31-15-11-22)24-8-6-23(7-9-24)34-16-12-21(20-36)13-17-34/h3-11,14-15,19-21,33H,2,12-13,16-18H2,1H3. The average molecular weight is 516 g/mol. The Morgan fingerprint density at radius 3 is 2.46 bits per heavy atom. The molecule has 1 fully saturated rings. The van der Waals surface area contributed by atoms with Gasteiger partial charge in [-0.25, -0.2) is 9.07 Å². The van der Waals surface area contributed by atoms with Gasteiger partial charge in [-0.3, -0.25) is 4.98 Å². The van der Waals surface area contributed by atoms with Crippen molar-refractivity contribution >= 4 is 29.6 Å². The highest BCUT2D eigenvalue weighted by Crippen LogP contribution is 2.36. The summed E-state index contributed by atoms with van der Waals surface area (Å²) in [6.07, 6.45) is 9.19.